The van der Waals surface area contributed by atoms with Gasteiger partial charge in [0.25, 0.3) is 5.91 Å². The molecule has 2 aromatic rings. The van der Waals surface area contributed by atoms with Crippen molar-refractivity contribution in [1.82, 2.24) is 5.43 Å². The van der Waals surface area contributed by atoms with E-state index in [4.69, 9.17) is 4.42 Å². The Hall–Kier alpha value is -1.88. The van der Waals surface area contributed by atoms with Gasteiger partial charge in [-0.15, -0.1) is 0 Å². The van der Waals surface area contributed by atoms with Gasteiger partial charge in [0.2, 0.25) is 0 Å². The molecule has 0 saturated carbocycles. The van der Waals surface area contributed by atoms with E-state index in [9.17, 15) is 4.79 Å². The van der Waals surface area contributed by atoms with Gasteiger partial charge in [0.15, 0.2) is 0 Å². The second kappa shape index (κ2) is 5.64. The zero-order valence-corrected chi connectivity index (χ0v) is 11.3. The zero-order valence-electron chi connectivity index (χ0n) is 9.68. The highest BCUT2D eigenvalue weighted by Crippen LogP contribution is 2.15. The van der Waals surface area contributed by atoms with Crippen molar-refractivity contribution in [2.24, 2.45) is 5.10 Å². The number of rotatable bonds is 3. The quantitative estimate of drug-likeness (QED) is 0.699. The van der Waals surface area contributed by atoms with Crippen LogP contribution in [0, 0.1) is 6.92 Å². The Morgan fingerprint density at radius 1 is 1.33 bits per heavy atom. The highest BCUT2D eigenvalue weighted by atomic mass is 79.9. The third-order valence-corrected chi connectivity index (χ3v) is 2.93. The summed E-state index contributed by atoms with van der Waals surface area (Å²) in [6.45, 7) is 1.84. The fraction of sp³-hybridized carbons (Fsp3) is 0.0769. The Morgan fingerprint density at radius 2 is 2.11 bits per heavy atom. The zero-order chi connectivity index (χ0) is 13.0. The predicted molar refractivity (Wildman–Crippen MR) is 72.6 cm³/mol. The van der Waals surface area contributed by atoms with E-state index in [-0.39, 0.29) is 5.91 Å². The van der Waals surface area contributed by atoms with Gasteiger partial charge in [0, 0.05) is 4.47 Å². The maximum absolute atomic E-state index is 11.8. The van der Waals surface area contributed by atoms with E-state index < -0.39 is 0 Å². The number of halogens is 1. The molecule has 92 valence electrons. The lowest BCUT2D eigenvalue weighted by atomic mass is 10.2. The Bertz CT molecular complexity index is 590. The van der Waals surface area contributed by atoms with Crippen LogP contribution in [0.15, 0.2) is 50.4 Å². The molecule has 5 heteroatoms. The van der Waals surface area contributed by atoms with Crippen molar-refractivity contribution in [1.29, 1.82) is 0 Å². The van der Waals surface area contributed by atoms with Gasteiger partial charge >= 0.3 is 0 Å². The molecule has 0 bridgehead atoms. The fourth-order valence-corrected chi connectivity index (χ4v) is 1.85. The van der Waals surface area contributed by atoms with Gasteiger partial charge in [0.1, 0.15) is 11.5 Å². The van der Waals surface area contributed by atoms with Crippen LogP contribution in [-0.2, 0) is 0 Å². The Morgan fingerprint density at radius 3 is 2.78 bits per heavy atom. The van der Waals surface area contributed by atoms with Crippen LogP contribution in [0.3, 0.4) is 0 Å². The first-order chi connectivity index (χ1) is 8.66. The number of hydrazone groups is 1. The minimum absolute atomic E-state index is 0.276. The van der Waals surface area contributed by atoms with Crippen molar-refractivity contribution in [2.45, 2.75) is 6.92 Å². The lowest BCUT2D eigenvalue weighted by molar-refractivity contribution is 0.0954. The molecule has 0 radical (unpaired) electrons. The average Bonchev–Trinajstić information content (AvgIpc) is 2.75. The first kappa shape index (κ1) is 12.6. The van der Waals surface area contributed by atoms with Gasteiger partial charge in [-0.05, 0) is 47.1 Å². The van der Waals surface area contributed by atoms with Crippen molar-refractivity contribution in [2.75, 3.05) is 0 Å². The molecule has 0 aliphatic carbocycles. The molecule has 2 rings (SSSR count). The maximum atomic E-state index is 11.8. The van der Waals surface area contributed by atoms with Crippen molar-refractivity contribution in [3.8, 4) is 0 Å². The van der Waals surface area contributed by atoms with Gasteiger partial charge in [-0.3, -0.25) is 4.79 Å². The van der Waals surface area contributed by atoms with Gasteiger partial charge in [-0.25, -0.2) is 5.43 Å². The Kier molecular flexibility index (Phi) is 3.94. The molecule has 0 aliphatic heterocycles. The molecule has 0 spiro atoms. The van der Waals surface area contributed by atoms with Crippen molar-refractivity contribution in [3.05, 3.63) is 58.0 Å². The van der Waals surface area contributed by atoms with E-state index in [0.717, 1.165) is 10.2 Å². The number of carbonyl (C=O) groups is 1. The van der Waals surface area contributed by atoms with Crippen molar-refractivity contribution in [3.63, 3.8) is 0 Å². The molecule has 1 N–H and O–H groups in total. The number of nitrogens with one attached hydrogen (secondary N) is 1. The highest BCUT2D eigenvalue weighted by Gasteiger charge is 2.07. The first-order valence-electron chi connectivity index (χ1n) is 5.31. The normalized spacial score (nSPS) is 10.8. The highest BCUT2D eigenvalue weighted by molar-refractivity contribution is 9.10. The summed E-state index contributed by atoms with van der Waals surface area (Å²) in [5, 5.41) is 3.83. The van der Waals surface area contributed by atoms with Crippen molar-refractivity contribution < 1.29 is 9.21 Å². The predicted octanol–water partition coefficient (Wildman–Crippen LogP) is 3.11. The SMILES string of the molecule is Cc1ccc(/C=N/NC(=O)c2ccccc2Br)o1. The number of carbonyl (C=O) groups excluding carboxylic acids is 1. The summed E-state index contributed by atoms with van der Waals surface area (Å²) in [5.41, 5.74) is 2.97. The van der Waals surface area contributed by atoms with Crippen LogP contribution >= 0.6 is 15.9 Å². The molecule has 0 unspecified atom stereocenters. The summed E-state index contributed by atoms with van der Waals surface area (Å²) < 4.78 is 6.01. The molecule has 1 aromatic heterocycles. The standard InChI is InChI=1S/C13H11BrN2O2/c1-9-6-7-10(18-9)8-15-16-13(17)11-4-2-3-5-12(11)14/h2-8H,1H3,(H,16,17)/b15-8+. The van der Waals surface area contributed by atoms with Gasteiger partial charge in [-0.2, -0.15) is 5.10 Å². The summed E-state index contributed by atoms with van der Waals surface area (Å²) in [5.74, 6) is 1.12. The lowest BCUT2D eigenvalue weighted by Crippen LogP contribution is -2.17. The smallest absolute Gasteiger partial charge is 0.272 e. The van der Waals surface area contributed by atoms with E-state index in [0.29, 0.717) is 11.3 Å². The number of hydrogen-bond acceptors (Lipinski definition) is 3. The van der Waals surface area contributed by atoms with Crippen LogP contribution < -0.4 is 5.43 Å². The maximum Gasteiger partial charge on any atom is 0.272 e. The third-order valence-electron chi connectivity index (χ3n) is 2.24. The number of amides is 1. The van der Waals surface area contributed by atoms with Crippen LogP contribution in [0.4, 0.5) is 0 Å². The number of furan rings is 1. The van der Waals surface area contributed by atoms with E-state index in [1.54, 1.807) is 24.3 Å². The summed E-state index contributed by atoms with van der Waals surface area (Å²) in [6.07, 6.45) is 1.46. The molecule has 18 heavy (non-hydrogen) atoms. The molecular formula is C13H11BrN2O2. The Labute approximate surface area is 113 Å². The molecule has 4 nitrogen and oxygen atoms in total. The fourth-order valence-electron chi connectivity index (χ4n) is 1.38. The number of aryl methyl sites for hydroxylation is 1. The molecule has 1 amide bonds. The van der Waals surface area contributed by atoms with Crippen LogP contribution in [0.25, 0.3) is 0 Å². The Balaban J connectivity index is 2.01. The van der Waals surface area contributed by atoms with Gasteiger partial charge in [-0.1, -0.05) is 12.1 Å². The third kappa shape index (κ3) is 3.07. The van der Waals surface area contributed by atoms with Crippen LogP contribution in [-0.4, -0.2) is 12.1 Å². The lowest BCUT2D eigenvalue weighted by Gasteiger charge is -2.01. The van der Waals surface area contributed by atoms with E-state index in [1.165, 1.54) is 6.21 Å². The minimum Gasteiger partial charge on any atom is -0.460 e. The van der Waals surface area contributed by atoms with Crippen LogP contribution in [0.1, 0.15) is 21.9 Å². The molecule has 0 fully saturated rings. The topological polar surface area (TPSA) is 54.6 Å². The molecule has 1 heterocycles. The summed E-state index contributed by atoms with van der Waals surface area (Å²) >= 11 is 3.31. The summed E-state index contributed by atoms with van der Waals surface area (Å²) in [6, 6.07) is 10.8. The summed E-state index contributed by atoms with van der Waals surface area (Å²) in [7, 11) is 0. The van der Waals surface area contributed by atoms with Gasteiger partial charge < -0.3 is 4.42 Å². The second-order valence-corrected chi connectivity index (χ2v) is 4.48. The second-order valence-electron chi connectivity index (χ2n) is 3.63. The number of hydrogen-bond donors (Lipinski definition) is 1. The molecule has 0 aliphatic rings. The summed E-state index contributed by atoms with van der Waals surface area (Å²) in [4.78, 5) is 11.8. The van der Waals surface area contributed by atoms with Gasteiger partial charge in [0.05, 0.1) is 11.8 Å². The minimum atomic E-state index is -0.276. The molecule has 0 saturated heterocycles. The first-order valence-corrected chi connectivity index (χ1v) is 6.10. The molecule has 1 aromatic carbocycles. The van der Waals surface area contributed by atoms with Crippen molar-refractivity contribution >= 4 is 28.1 Å². The average molecular weight is 307 g/mol. The van der Waals surface area contributed by atoms with E-state index in [2.05, 4.69) is 26.5 Å². The molecular weight excluding hydrogens is 296 g/mol. The van der Waals surface area contributed by atoms with E-state index >= 15 is 0 Å². The number of nitrogens with zero attached hydrogens (tertiary/aromatic N) is 1. The van der Waals surface area contributed by atoms with Crippen LogP contribution in [0.5, 0.6) is 0 Å². The van der Waals surface area contributed by atoms with Crippen LogP contribution in [0.2, 0.25) is 0 Å². The largest absolute Gasteiger partial charge is 0.460 e. The number of benzene rings is 1. The monoisotopic (exact) mass is 306 g/mol. The molecule has 0 atom stereocenters. The van der Waals surface area contributed by atoms with E-state index in [1.807, 2.05) is 19.1 Å².